The van der Waals surface area contributed by atoms with Crippen LogP contribution in [0, 0.1) is 0 Å². The SMILES string of the molecule is CCN(CCO)CCC(O)c1cccc(N)c1. The molecular formula is C13H22N2O2. The molecule has 0 amide bonds. The number of nitrogen functional groups attached to an aromatic ring is 1. The maximum absolute atomic E-state index is 10.0. The van der Waals surface area contributed by atoms with Crippen LogP contribution in [0.5, 0.6) is 0 Å². The lowest BCUT2D eigenvalue weighted by Crippen LogP contribution is -2.28. The van der Waals surface area contributed by atoms with E-state index in [1.54, 1.807) is 12.1 Å². The molecule has 1 atom stereocenters. The molecule has 1 unspecified atom stereocenters. The second-order valence-electron chi connectivity index (χ2n) is 4.13. The van der Waals surface area contributed by atoms with Crippen LogP contribution >= 0.6 is 0 Å². The second-order valence-corrected chi connectivity index (χ2v) is 4.13. The standard InChI is InChI=1S/C13H22N2O2/c1-2-15(8-9-16)7-6-13(17)11-4-3-5-12(14)10-11/h3-5,10,13,16-17H,2,6-9,14H2,1H3. The average molecular weight is 238 g/mol. The summed E-state index contributed by atoms with van der Waals surface area (Å²) in [4.78, 5) is 2.11. The van der Waals surface area contributed by atoms with E-state index < -0.39 is 6.10 Å². The van der Waals surface area contributed by atoms with Crippen LogP contribution in [0.25, 0.3) is 0 Å². The van der Waals surface area contributed by atoms with Crippen LogP contribution in [0.1, 0.15) is 25.0 Å². The monoisotopic (exact) mass is 238 g/mol. The van der Waals surface area contributed by atoms with Crippen molar-refractivity contribution in [3.05, 3.63) is 29.8 Å². The lowest BCUT2D eigenvalue weighted by Gasteiger charge is -2.21. The normalized spacial score (nSPS) is 12.9. The van der Waals surface area contributed by atoms with Crippen LogP contribution in [0.15, 0.2) is 24.3 Å². The van der Waals surface area contributed by atoms with E-state index in [-0.39, 0.29) is 6.61 Å². The summed E-state index contributed by atoms with van der Waals surface area (Å²) in [6.07, 6.45) is 0.156. The van der Waals surface area contributed by atoms with Gasteiger partial charge >= 0.3 is 0 Å². The Morgan fingerprint density at radius 3 is 2.71 bits per heavy atom. The molecule has 0 saturated carbocycles. The number of anilines is 1. The average Bonchev–Trinajstić information content (AvgIpc) is 2.34. The van der Waals surface area contributed by atoms with Gasteiger partial charge in [-0.2, -0.15) is 0 Å². The fourth-order valence-corrected chi connectivity index (χ4v) is 1.81. The van der Waals surface area contributed by atoms with E-state index in [0.717, 1.165) is 18.7 Å². The molecular weight excluding hydrogens is 216 g/mol. The molecule has 0 aliphatic heterocycles. The van der Waals surface area contributed by atoms with Crippen LogP contribution in [0.3, 0.4) is 0 Å². The summed E-state index contributed by atoms with van der Waals surface area (Å²) in [6, 6.07) is 7.33. The van der Waals surface area contributed by atoms with Crippen molar-refractivity contribution in [1.29, 1.82) is 0 Å². The Morgan fingerprint density at radius 1 is 1.35 bits per heavy atom. The predicted octanol–water partition coefficient (Wildman–Crippen LogP) is 1.01. The Morgan fingerprint density at radius 2 is 2.12 bits per heavy atom. The van der Waals surface area contributed by atoms with Gasteiger partial charge in [0.1, 0.15) is 0 Å². The predicted molar refractivity (Wildman–Crippen MR) is 69.6 cm³/mol. The van der Waals surface area contributed by atoms with Crippen molar-refractivity contribution >= 4 is 5.69 Å². The van der Waals surface area contributed by atoms with Gasteiger partial charge in [-0.25, -0.2) is 0 Å². The first-order valence-corrected chi connectivity index (χ1v) is 6.04. The fraction of sp³-hybridized carbons (Fsp3) is 0.538. The van der Waals surface area contributed by atoms with Gasteiger partial charge in [0.05, 0.1) is 12.7 Å². The molecule has 1 aromatic rings. The fourth-order valence-electron chi connectivity index (χ4n) is 1.81. The third-order valence-corrected chi connectivity index (χ3v) is 2.88. The van der Waals surface area contributed by atoms with Crippen molar-refractivity contribution in [2.24, 2.45) is 0 Å². The summed E-state index contributed by atoms with van der Waals surface area (Å²) >= 11 is 0. The number of rotatable bonds is 7. The van der Waals surface area contributed by atoms with Crippen molar-refractivity contribution in [2.75, 3.05) is 32.0 Å². The lowest BCUT2D eigenvalue weighted by molar-refractivity contribution is 0.133. The van der Waals surface area contributed by atoms with Gasteiger partial charge in [-0.15, -0.1) is 0 Å². The molecule has 0 aliphatic rings. The molecule has 0 aromatic heterocycles. The Balaban J connectivity index is 2.46. The van der Waals surface area contributed by atoms with Gasteiger partial charge in [-0.1, -0.05) is 19.1 Å². The highest BCUT2D eigenvalue weighted by molar-refractivity contribution is 5.41. The molecule has 0 heterocycles. The zero-order chi connectivity index (χ0) is 12.7. The number of nitrogens with two attached hydrogens (primary N) is 1. The van der Waals surface area contributed by atoms with Gasteiger partial charge in [0.15, 0.2) is 0 Å². The molecule has 1 rings (SSSR count). The zero-order valence-electron chi connectivity index (χ0n) is 10.3. The molecule has 4 N–H and O–H groups in total. The van der Waals surface area contributed by atoms with Crippen LogP contribution in [0.2, 0.25) is 0 Å². The van der Waals surface area contributed by atoms with E-state index >= 15 is 0 Å². The highest BCUT2D eigenvalue weighted by Crippen LogP contribution is 2.19. The van der Waals surface area contributed by atoms with Crippen LogP contribution in [-0.4, -0.2) is 41.4 Å². The number of nitrogens with zero attached hydrogens (tertiary/aromatic N) is 1. The molecule has 4 nitrogen and oxygen atoms in total. The minimum atomic E-state index is -0.494. The third-order valence-electron chi connectivity index (χ3n) is 2.88. The van der Waals surface area contributed by atoms with Crippen molar-refractivity contribution in [3.8, 4) is 0 Å². The number of aliphatic hydroxyl groups is 2. The molecule has 0 saturated heterocycles. The summed E-state index contributed by atoms with van der Waals surface area (Å²) in [5, 5.41) is 18.9. The van der Waals surface area contributed by atoms with E-state index in [4.69, 9.17) is 10.8 Å². The first-order valence-electron chi connectivity index (χ1n) is 6.04. The number of hydrogen-bond donors (Lipinski definition) is 3. The first kappa shape index (κ1) is 14.0. The van der Waals surface area contributed by atoms with Crippen molar-refractivity contribution in [2.45, 2.75) is 19.4 Å². The molecule has 0 fully saturated rings. The van der Waals surface area contributed by atoms with Gasteiger partial charge in [0.2, 0.25) is 0 Å². The van der Waals surface area contributed by atoms with Gasteiger partial charge in [0.25, 0.3) is 0 Å². The zero-order valence-corrected chi connectivity index (χ0v) is 10.3. The molecule has 0 radical (unpaired) electrons. The van der Waals surface area contributed by atoms with Crippen molar-refractivity contribution in [1.82, 2.24) is 4.90 Å². The summed E-state index contributed by atoms with van der Waals surface area (Å²) in [5.74, 6) is 0. The highest BCUT2D eigenvalue weighted by Gasteiger charge is 2.10. The maximum atomic E-state index is 10.0. The highest BCUT2D eigenvalue weighted by atomic mass is 16.3. The van der Waals surface area contributed by atoms with E-state index in [9.17, 15) is 5.11 Å². The quantitative estimate of drug-likeness (QED) is 0.620. The van der Waals surface area contributed by atoms with E-state index in [1.807, 2.05) is 19.1 Å². The molecule has 4 heteroatoms. The van der Waals surface area contributed by atoms with Gasteiger partial charge in [-0.3, -0.25) is 0 Å². The third kappa shape index (κ3) is 4.73. The largest absolute Gasteiger partial charge is 0.399 e. The van der Waals surface area contributed by atoms with Gasteiger partial charge in [-0.05, 0) is 30.7 Å². The maximum Gasteiger partial charge on any atom is 0.0803 e. The minimum absolute atomic E-state index is 0.155. The Kier molecular flexibility index (Phi) is 5.97. The van der Waals surface area contributed by atoms with E-state index in [1.165, 1.54) is 0 Å². The summed E-state index contributed by atoms with van der Waals surface area (Å²) in [7, 11) is 0. The molecule has 17 heavy (non-hydrogen) atoms. The minimum Gasteiger partial charge on any atom is -0.399 e. The second kappa shape index (κ2) is 7.27. The Labute approximate surface area is 103 Å². The van der Waals surface area contributed by atoms with Crippen LogP contribution in [-0.2, 0) is 0 Å². The molecule has 96 valence electrons. The first-order chi connectivity index (χ1) is 8.17. The smallest absolute Gasteiger partial charge is 0.0803 e. The van der Waals surface area contributed by atoms with E-state index in [0.29, 0.717) is 18.7 Å². The van der Waals surface area contributed by atoms with Gasteiger partial charge < -0.3 is 20.8 Å². The van der Waals surface area contributed by atoms with Crippen molar-refractivity contribution in [3.63, 3.8) is 0 Å². The molecule has 0 spiro atoms. The Hall–Kier alpha value is -1.10. The molecule has 1 aromatic carbocycles. The number of benzene rings is 1. The van der Waals surface area contributed by atoms with Crippen LogP contribution < -0.4 is 5.73 Å². The number of hydrogen-bond acceptors (Lipinski definition) is 4. The van der Waals surface area contributed by atoms with E-state index in [2.05, 4.69) is 4.90 Å². The lowest BCUT2D eigenvalue weighted by atomic mass is 10.1. The topological polar surface area (TPSA) is 69.7 Å². The van der Waals surface area contributed by atoms with Crippen LogP contribution in [0.4, 0.5) is 5.69 Å². The molecule has 0 aliphatic carbocycles. The Bertz CT molecular complexity index is 331. The number of likely N-dealkylation sites (N-methyl/N-ethyl adjacent to an activating group) is 1. The van der Waals surface area contributed by atoms with Crippen molar-refractivity contribution < 1.29 is 10.2 Å². The van der Waals surface area contributed by atoms with Gasteiger partial charge in [0, 0.05) is 18.8 Å². The summed E-state index contributed by atoms with van der Waals surface area (Å²) in [5.41, 5.74) is 7.19. The summed E-state index contributed by atoms with van der Waals surface area (Å²) < 4.78 is 0. The molecule has 0 bridgehead atoms. The summed E-state index contributed by atoms with van der Waals surface area (Å²) in [6.45, 7) is 4.50. The number of aliphatic hydroxyl groups excluding tert-OH is 2.